The third-order valence-corrected chi connectivity index (χ3v) is 21.8. The quantitative estimate of drug-likeness (QED) is 0.164. The summed E-state index contributed by atoms with van der Waals surface area (Å²) in [6.07, 6.45) is 34.0. The van der Waals surface area contributed by atoms with E-state index in [0.717, 1.165) is 96.7 Å². The summed E-state index contributed by atoms with van der Waals surface area (Å²) in [5.74, 6) is 10.3. The first-order valence-corrected chi connectivity index (χ1v) is 26.7. The van der Waals surface area contributed by atoms with Gasteiger partial charge < -0.3 is 0 Å². The summed E-state index contributed by atoms with van der Waals surface area (Å²) in [5, 5.41) is 0. The molecule has 58 heavy (non-hydrogen) atoms. The number of rotatable bonds is 14. The molecule has 6 saturated carbocycles. The van der Waals surface area contributed by atoms with Crippen molar-refractivity contribution in [3.8, 4) is 0 Å². The van der Waals surface area contributed by atoms with Gasteiger partial charge in [-0.25, -0.2) is 0 Å². The molecular formula is C54H90O3S. The number of hydrogen-bond donors (Lipinski definition) is 0. The summed E-state index contributed by atoms with van der Waals surface area (Å²) in [6, 6.07) is 0. The summed E-state index contributed by atoms with van der Waals surface area (Å²) < 4.78 is 26.3. The van der Waals surface area contributed by atoms with Crippen LogP contribution in [0.25, 0.3) is 0 Å². The van der Waals surface area contributed by atoms with E-state index in [1.54, 1.807) is 11.1 Å². The number of hydrogen-bond acceptors (Lipinski definition) is 3. The zero-order valence-corrected chi connectivity index (χ0v) is 40.2. The standard InChI is InChI=1S/C54H90O3S/c1-35(2)13-11-15-37(5)45-21-23-47-43-19-17-39-33-41(25-29-51(39,7)49(43)27-31-53(45,47)9)56-58(55)57-42-26-30-52(8)40(34-42)18-20-44-48-24-22-46(38(6)16-12-14-36(3)4)54(48,10)32-28-50(44)52/h17-18,35-38,41-50H,11-16,19-34H2,1-10H3/t37-,38-,41+,42+,43+,44+,45-,46-,47+,48+,49+,50+,51+,52+,53-,54-/m1/s1. The highest BCUT2D eigenvalue weighted by atomic mass is 32.2. The Bertz CT molecular complexity index is 1420. The Morgan fingerprint density at radius 1 is 0.552 bits per heavy atom. The van der Waals surface area contributed by atoms with Crippen LogP contribution in [0.5, 0.6) is 0 Å². The maximum Gasteiger partial charge on any atom is 0.305 e. The van der Waals surface area contributed by atoms with Crippen molar-refractivity contribution in [1.82, 2.24) is 0 Å². The second kappa shape index (κ2) is 17.3. The molecule has 0 aromatic rings. The molecule has 0 spiro atoms. The van der Waals surface area contributed by atoms with Crippen molar-refractivity contribution in [3.63, 3.8) is 0 Å². The topological polar surface area (TPSA) is 35.5 Å². The van der Waals surface area contributed by atoms with Crippen molar-refractivity contribution in [3.05, 3.63) is 23.3 Å². The molecule has 0 bridgehead atoms. The second-order valence-electron chi connectivity index (χ2n) is 24.7. The van der Waals surface area contributed by atoms with Crippen LogP contribution in [-0.4, -0.2) is 16.4 Å². The van der Waals surface area contributed by atoms with Crippen LogP contribution >= 0.6 is 0 Å². The highest BCUT2D eigenvalue weighted by Gasteiger charge is 2.61. The van der Waals surface area contributed by atoms with Crippen molar-refractivity contribution >= 4 is 11.4 Å². The molecule has 0 aromatic heterocycles. The van der Waals surface area contributed by atoms with Gasteiger partial charge in [-0.3, -0.25) is 8.37 Å². The van der Waals surface area contributed by atoms with E-state index in [1.807, 2.05) is 0 Å². The van der Waals surface area contributed by atoms with Crippen LogP contribution in [-0.2, 0) is 19.7 Å². The fourth-order valence-corrected chi connectivity index (χ4v) is 18.5. The van der Waals surface area contributed by atoms with Crippen molar-refractivity contribution in [2.24, 2.45) is 92.7 Å². The zero-order chi connectivity index (χ0) is 41.2. The SMILES string of the molecule is CC(C)CCC[C@@H](C)[C@H]1CC[C@H]2[C@@H]3CC=C4C[C@@H](OS(=O)O[C@H]5CC[C@@]6(C)C(=CC[C@H]7[C@@H]8CC[C@H]([C@H](C)CCCC(C)C)[C@@]8(C)CC[C@@H]76)C5)CC[C@]4(C)[C@H]3CC[C@]12C. The van der Waals surface area contributed by atoms with Gasteiger partial charge in [0.1, 0.15) is 0 Å². The largest absolute Gasteiger partial charge is 0.305 e. The van der Waals surface area contributed by atoms with Crippen LogP contribution in [0.15, 0.2) is 23.3 Å². The van der Waals surface area contributed by atoms with E-state index < -0.39 is 11.4 Å². The predicted octanol–water partition coefficient (Wildman–Crippen LogP) is 15.4. The maximum absolute atomic E-state index is 13.6. The Balaban J connectivity index is 0.837. The van der Waals surface area contributed by atoms with Gasteiger partial charge in [0, 0.05) is 0 Å². The zero-order valence-electron chi connectivity index (χ0n) is 39.4. The first kappa shape index (κ1) is 44.2. The molecule has 0 amide bonds. The minimum atomic E-state index is -1.68. The monoisotopic (exact) mass is 819 g/mol. The summed E-state index contributed by atoms with van der Waals surface area (Å²) in [7, 11) is 0. The molecule has 0 radical (unpaired) electrons. The van der Waals surface area contributed by atoms with E-state index in [1.165, 1.54) is 116 Å². The molecule has 0 unspecified atom stereocenters. The molecule has 16 atom stereocenters. The van der Waals surface area contributed by atoms with Crippen molar-refractivity contribution < 1.29 is 12.6 Å². The lowest BCUT2D eigenvalue weighted by Crippen LogP contribution is -2.51. The molecule has 0 aliphatic heterocycles. The van der Waals surface area contributed by atoms with Gasteiger partial charge in [-0.2, -0.15) is 4.21 Å². The fraction of sp³-hybridized carbons (Fsp3) is 0.926. The van der Waals surface area contributed by atoms with Crippen molar-refractivity contribution in [2.45, 2.75) is 223 Å². The van der Waals surface area contributed by atoms with E-state index >= 15 is 0 Å². The first-order valence-electron chi connectivity index (χ1n) is 25.7. The molecule has 0 heterocycles. The summed E-state index contributed by atoms with van der Waals surface area (Å²) in [4.78, 5) is 0. The van der Waals surface area contributed by atoms with Gasteiger partial charge in [0.15, 0.2) is 0 Å². The Morgan fingerprint density at radius 2 is 0.966 bits per heavy atom. The number of fused-ring (bicyclic) bond motifs is 10. The van der Waals surface area contributed by atoms with Gasteiger partial charge in [0.2, 0.25) is 0 Å². The molecule has 8 aliphatic rings. The lowest BCUT2D eigenvalue weighted by molar-refractivity contribution is -0.0580. The summed E-state index contributed by atoms with van der Waals surface area (Å²) >= 11 is -1.68. The molecule has 6 fully saturated rings. The Labute approximate surface area is 361 Å². The highest BCUT2D eigenvalue weighted by molar-refractivity contribution is 7.75. The molecule has 3 nitrogen and oxygen atoms in total. The molecule has 330 valence electrons. The first-order chi connectivity index (χ1) is 27.6. The predicted molar refractivity (Wildman–Crippen MR) is 244 cm³/mol. The van der Waals surface area contributed by atoms with Gasteiger partial charge in [-0.15, -0.1) is 0 Å². The smallest absolute Gasteiger partial charge is 0.265 e. The van der Waals surface area contributed by atoms with Crippen LogP contribution in [0, 0.1) is 92.7 Å². The van der Waals surface area contributed by atoms with Gasteiger partial charge in [-0.1, -0.05) is 131 Å². The van der Waals surface area contributed by atoms with E-state index in [4.69, 9.17) is 8.37 Å². The Kier molecular flexibility index (Phi) is 13.1. The lowest BCUT2D eigenvalue weighted by atomic mass is 9.47. The van der Waals surface area contributed by atoms with E-state index in [0.29, 0.717) is 10.8 Å². The van der Waals surface area contributed by atoms with E-state index in [9.17, 15) is 4.21 Å². The fourth-order valence-electron chi connectivity index (χ4n) is 17.7. The molecular weight excluding hydrogens is 729 g/mol. The van der Waals surface area contributed by atoms with Crippen LogP contribution in [0.4, 0.5) is 0 Å². The van der Waals surface area contributed by atoms with Crippen LogP contribution < -0.4 is 0 Å². The average Bonchev–Trinajstić information content (AvgIpc) is 3.71. The Morgan fingerprint density at radius 3 is 1.36 bits per heavy atom. The second-order valence-corrected chi connectivity index (χ2v) is 25.5. The molecule has 0 saturated heterocycles. The average molecular weight is 819 g/mol. The molecule has 0 N–H and O–H groups in total. The highest BCUT2D eigenvalue weighted by Crippen LogP contribution is 2.69. The molecule has 8 rings (SSSR count). The van der Waals surface area contributed by atoms with E-state index in [2.05, 4.69) is 81.4 Å². The minimum absolute atomic E-state index is 0.0151. The van der Waals surface area contributed by atoms with E-state index in [-0.39, 0.29) is 23.0 Å². The normalized spacial score (nSPS) is 46.2. The third-order valence-electron chi connectivity index (χ3n) is 20.9. The maximum atomic E-state index is 13.6. The van der Waals surface area contributed by atoms with Crippen LogP contribution in [0.2, 0.25) is 0 Å². The molecule has 8 aliphatic carbocycles. The third kappa shape index (κ3) is 8.02. The van der Waals surface area contributed by atoms with Crippen LogP contribution in [0.3, 0.4) is 0 Å². The van der Waals surface area contributed by atoms with Crippen molar-refractivity contribution in [1.29, 1.82) is 0 Å². The van der Waals surface area contributed by atoms with Gasteiger partial charge in [0.25, 0.3) is 0 Å². The van der Waals surface area contributed by atoms with Gasteiger partial charge >= 0.3 is 11.4 Å². The Hall–Kier alpha value is -0.450. The molecule has 4 heteroatoms. The summed E-state index contributed by atoms with van der Waals surface area (Å²) in [5.41, 5.74) is 4.88. The summed E-state index contributed by atoms with van der Waals surface area (Å²) in [6.45, 7) is 25.4. The van der Waals surface area contributed by atoms with Crippen LogP contribution in [0.1, 0.15) is 210 Å². The minimum Gasteiger partial charge on any atom is -0.265 e. The molecule has 0 aromatic carbocycles. The van der Waals surface area contributed by atoms with Crippen molar-refractivity contribution in [2.75, 3.05) is 0 Å². The lowest BCUT2D eigenvalue weighted by Gasteiger charge is -2.58. The number of allylic oxidation sites excluding steroid dienone is 2. The van der Waals surface area contributed by atoms with Gasteiger partial charge in [0.05, 0.1) is 12.2 Å². The van der Waals surface area contributed by atoms with Gasteiger partial charge in [-0.05, 0) is 195 Å².